The Labute approximate surface area is 144 Å². The van der Waals surface area contributed by atoms with Crippen LogP contribution in [0.5, 0.6) is 5.75 Å². The number of likely N-dealkylation sites (tertiary alicyclic amines) is 1. The molecular weight excluding hydrogens is 320 g/mol. The van der Waals surface area contributed by atoms with Gasteiger partial charge in [-0.15, -0.1) is 0 Å². The van der Waals surface area contributed by atoms with Crippen LogP contribution in [0.1, 0.15) is 28.0 Å². The number of carbonyl (C=O) groups is 1. The molecule has 3 heterocycles. The lowest BCUT2D eigenvalue weighted by Gasteiger charge is -2.31. The third-order valence-electron chi connectivity index (χ3n) is 4.72. The molecule has 1 saturated heterocycles. The number of methoxy groups -OCH3 is 1. The number of aromatic nitrogens is 2. The molecule has 0 radical (unpaired) electrons. The van der Waals surface area contributed by atoms with Crippen molar-refractivity contribution in [2.24, 2.45) is 0 Å². The molecule has 2 aliphatic heterocycles. The summed E-state index contributed by atoms with van der Waals surface area (Å²) in [4.78, 5) is 25.7. The molecule has 7 heteroatoms. The third-order valence-corrected chi connectivity index (χ3v) is 4.72. The minimum Gasteiger partial charge on any atom is -0.495 e. The average Bonchev–Trinajstić information content (AvgIpc) is 3.04. The van der Waals surface area contributed by atoms with Crippen molar-refractivity contribution < 1.29 is 9.53 Å². The van der Waals surface area contributed by atoms with Crippen molar-refractivity contribution in [1.29, 1.82) is 0 Å². The molecule has 7 nitrogen and oxygen atoms in total. The Kier molecular flexibility index (Phi) is 3.56. The van der Waals surface area contributed by atoms with Crippen LogP contribution in [0.2, 0.25) is 0 Å². The minimum absolute atomic E-state index is 0.216. The largest absolute Gasteiger partial charge is 0.495 e. The molecule has 4 rings (SSSR count). The van der Waals surface area contributed by atoms with Gasteiger partial charge in [-0.05, 0) is 42.7 Å². The van der Waals surface area contributed by atoms with Crippen molar-refractivity contribution in [1.82, 2.24) is 15.1 Å². The van der Waals surface area contributed by atoms with E-state index in [1.54, 1.807) is 12.0 Å². The van der Waals surface area contributed by atoms with E-state index in [0.29, 0.717) is 6.54 Å². The number of anilines is 1. The molecular formula is C18H18N4O3. The second kappa shape index (κ2) is 5.77. The van der Waals surface area contributed by atoms with Crippen LogP contribution in [0.15, 0.2) is 34.6 Å². The normalized spacial score (nSPS) is 18.1. The molecule has 1 atom stereocenters. The molecule has 0 bridgehead atoms. The van der Waals surface area contributed by atoms with Crippen molar-refractivity contribution in [3.05, 3.63) is 57.0 Å². The number of H-pyrrole nitrogens is 1. The second-order valence-corrected chi connectivity index (χ2v) is 6.19. The number of fused-ring (bicyclic) bond motifs is 2. The van der Waals surface area contributed by atoms with Crippen LogP contribution in [0, 0.1) is 6.92 Å². The molecule has 1 unspecified atom stereocenters. The predicted molar refractivity (Wildman–Crippen MR) is 93.6 cm³/mol. The van der Waals surface area contributed by atoms with Gasteiger partial charge in [0.2, 0.25) is 0 Å². The number of hydrogen-bond donors (Lipinski definition) is 2. The van der Waals surface area contributed by atoms with Crippen LogP contribution < -0.4 is 15.6 Å². The molecule has 2 N–H and O–H groups in total. The molecule has 25 heavy (non-hydrogen) atoms. The number of ether oxygens (including phenoxy) is 1. The van der Waals surface area contributed by atoms with Crippen LogP contribution in [0.3, 0.4) is 0 Å². The number of benzene rings is 1. The highest BCUT2D eigenvalue weighted by Gasteiger charge is 2.37. The lowest BCUT2D eigenvalue weighted by molar-refractivity contribution is 0.0752. The van der Waals surface area contributed by atoms with Gasteiger partial charge < -0.3 is 15.0 Å². The third kappa shape index (κ3) is 2.48. The summed E-state index contributed by atoms with van der Waals surface area (Å²) < 4.78 is 5.46. The molecule has 1 aromatic carbocycles. The molecule has 0 saturated carbocycles. The van der Waals surface area contributed by atoms with Gasteiger partial charge in [-0.1, -0.05) is 6.07 Å². The Bertz CT molecular complexity index is 927. The fourth-order valence-electron chi connectivity index (χ4n) is 3.40. The maximum atomic E-state index is 12.8. The second-order valence-electron chi connectivity index (χ2n) is 6.19. The Hall–Kier alpha value is -3.09. The van der Waals surface area contributed by atoms with E-state index in [4.69, 9.17) is 4.74 Å². The number of carbonyl (C=O) groups excluding carboxylic acids is 1. The molecule has 2 aromatic rings. The van der Waals surface area contributed by atoms with Crippen LogP contribution in [-0.2, 0) is 0 Å². The summed E-state index contributed by atoms with van der Waals surface area (Å²) in [6, 6.07) is 6.71. The first-order valence-corrected chi connectivity index (χ1v) is 8.10. The topological polar surface area (TPSA) is 87.3 Å². The van der Waals surface area contributed by atoms with E-state index >= 15 is 0 Å². The van der Waals surface area contributed by atoms with Gasteiger partial charge in [-0.3, -0.25) is 9.59 Å². The van der Waals surface area contributed by atoms with Gasteiger partial charge >= 0.3 is 0 Å². The first-order valence-electron chi connectivity index (χ1n) is 8.10. The highest BCUT2D eigenvalue weighted by Crippen LogP contribution is 2.40. The van der Waals surface area contributed by atoms with Gasteiger partial charge in [0.05, 0.1) is 12.8 Å². The molecule has 1 aromatic heterocycles. The van der Waals surface area contributed by atoms with E-state index in [0.717, 1.165) is 34.6 Å². The monoisotopic (exact) mass is 338 g/mol. The summed E-state index contributed by atoms with van der Waals surface area (Å²) in [6.45, 7) is 2.65. The van der Waals surface area contributed by atoms with Crippen molar-refractivity contribution in [2.75, 3.05) is 19.0 Å². The zero-order valence-electron chi connectivity index (χ0n) is 14.0. The summed E-state index contributed by atoms with van der Waals surface area (Å²) >= 11 is 0. The number of amides is 1. The van der Waals surface area contributed by atoms with Gasteiger partial charge in [-0.25, -0.2) is 5.10 Å². The van der Waals surface area contributed by atoms with E-state index < -0.39 is 0 Å². The highest BCUT2D eigenvalue weighted by atomic mass is 16.5. The van der Waals surface area contributed by atoms with Gasteiger partial charge in [-0.2, -0.15) is 5.10 Å². The lowest BCUT2D eigenvalue weighted by atomic mass is 9.97. The smallest absolute Gasteiger partial charge is 0.276 e. The Morgan fingerprint density at radius 2 is 2.16 bits per heavy atom. The Morgan fingerprint density at radius 1 is 1.32 bits per heavy atom. The molecule has 128 valence electrons. The number of nitrogens with one attached hydrogen (secondary N) is 2. The predicted octanol–water partition coefficient (Wildman–Crippen LogP) is 1.77. The summed E-state index contributed by atoms with van der Waals surface area (Å²) in [7, 11) is 1.63. The number of nitrogens with zero attached hydrogens (tertiary/aromatic N) is 2. The van der Waals surface area contributed by atoms with Crippen molar-refractivity contribution >= 4 is 17.7 Å². The zero-order chi connectivity index (χ0) is 17.6. The fourth-order valence-corrected chi connectivity index (χ4v) is 3.40. The lowest BCUT2D eigenvalue weighted by Crippen LogP contribution is -2.42. The maximum Gasteiger partial charge on any atom is 0.276 e. The first-order chi connectivity index (χ1) is 12.1. The van der Waals surface area contributed by atoms with Crippen molar-refractivity contribution in [2.45, 2.75) is 19.5 Å². The Morgan fingerprint density at radius 3 is 2.88 bits per heavy atom. The summed E-state index contributed by atoms with van der Waals surface area (Å²) in [5, 5.41) is 9.60. The number of rotatable bonds is 2. The van der Waals surface area contributed by atoms with Crippen molar-refractivity contribution in [3.8, 4) is 5.75 Å². The Balaban J connectivity index is 1.69. The van der Waals surface area contributed by atoms with Crippen LogP contribution in [0.25, 0.3) is 6.08 Å². The average molecular weight is 338 g/mol. The van der Waals surface area contributed by atoms with E-state index in [1.165, 1.54) is 12.1 Å². The van der Waals surface area contributed by atoms with E-state index in [-0.39, 0.29) is 23.3 Å². The highest BCUT2D eigenvalue weighted by molar-refractivity contribution is 5.94. The van der Waals surface area contributed by atoms with Gasteiger partial charge in [0.25, 0.3) is 11.5 Å². The number of aryl methyl sites for hydroxylation is 1. The van der Waals surface area contributed by atoms with Crippen LogP contribution >= 0.6 is 0 Å². The van der Waals surface area contributed by atoms with E-state index in [1.807, 2.05) is 12.1 Å². The van der Waals surface area contributed by atoms with E-state index in [9.17, 15) is 9.59 Å². The SMILES string of the molecule is COc1ccc(C)c2c1NC1C(=C2)CCN1C(=O)c1ccc(=O)[nH]n1. The van der Waals surface area contributed by atoms with Crippen LogP contribution in [-0.4, -0.2) is 40.8 Å². The number of hydrogen-bond acceptors (Lipinski definition) is 5. The minimum atomic E-state index is -0.330. The molecule has 1 amide bonds. The number of aromatic amines is 1. The first kappa shape index (κ1) is 15.4. The summed E-state index contributed by atoms with van der Waals surface area (Å²) in [5.74, 6) is 0.532. The summed E-state index contributed by atoms with van der Waals surface area (Å²) in [5.41, 5.74) is 4.20. The standard InChI is InChI=1S/C18H18N4O3/c1-10-3-5-14(25-2)16-12(10)9-11-7-8-22(17(11)19-16)18(24)13-4-6-15(23)21-20-13/h3-6,9,17,19H,7-8H2,1-2H3,(H,21,23). The van der Waals surface area contributed by atoms with Gasteiger partial charge in [0.15, 0.2) is 0 Å². The van der Waals surface area contributed by atoms with Crippen LogP contribution in [0.4, 0.5) is 5.69 Å². The maximum absolute atomic E-state index is 12.8. The van der Waals surface area contributed by atoms with Gasteiger partial charge in [0.1, 0.15) is 17.6 Å². The zero-order valence-corrected chi connectivity index (χ0v) is 14.0. The van der Waals surface area contributed by atoms with Crippen molar-refractivity contribution in [3.63, 3.8) is 0 Å². The van der Waals surface area contributed by atoms with Gasteiger partial charge in [0, 0.05) is 18.2 Å². The summed E-state index contributed by atoms with van der Waals surface area (Å²) in [6.07, 6.45) is 2.70. The molecule has 0 aliphatic carbocycles. The quantitative estimate of drug-likeness (QED) is 0.871. The fraction of sp³-hybridized carbons (Fsp3) is 0.278. The molecule has 0 spiro atoms. The molecule has 1 fully saturated rings. The molecule has 2 aliphatic rings. The van der Waals surface area contributed by atoms with E-state index in [2.05, 4.69) is 28.5 Å².